The first kappa shape index (κ1) is 14.5. The highest BCUT2D eigenvalue weighted by atomic mass is 19.4. The number of benzene rings is 1. The van der Waals surface area contributed by atoms with Crippen molar-refractivity contribution in [2.45, 2.75) is 25.4 Å². The van der Waals surface area contributed by atoms with Crippen molar-refractivity contribution < 1.29 is 32.5 Å². The Hall–Kier alpha value is -1.92. The van der Waals surface area contributed by atoms with Crippen LogP contribution in [0.15, 0.2) is 12.1 Å². The molecule has 0 aromatic heterocycles. The summed E-state index contributed by atoms with van der Waals surface area (Å²) in [7, 11) is 0. The highest BCUT2D eigenvalue weighted by Crippen LogP contribution is 2.40. The van der Waals surface area contributed by atoms with Crippen molar-refractivity contribution >= 4 is 5.97 Å². The number of halogens is 3. The maximum absolute atomic E-state index is 13.0. The largest absolute Gasteiger partial charge is 0.490 e. The zero-order valence-corrected chi connectivity index (χ0v) is 10.5. The number of aliphatic carboxylic acids is 1. The van der Waals surface area contributed by atoms with Gasteiger partial charge in [-0.3, -0.25) is 4.79 Å². The average Bonchev–Trinajstić information content (AvgIpc) is 2.58. The maximum atomic E-state index is 13.0. The summed E-state index contributed by atoms with van der Waals surface area (Å²) in [5, 5.41) is 8.61. The van der Waals surface area contributed by atoms with E-state index >= 15 is 0 Å². The minimum absolute atomic E-state index is 0.0499. The van der Waals surface area contributed by atoms with Crippen molar-refractivity contribution in [2.24, 2.45) is 0 Å². The number of carboxylic acid groups (broad SMARTS) is 1. The Balaban J connectivity index is 2.41. The second kappa shape index (κ2) is 5.60. The maximum Gasteiger partial charge on any atom is 0.416 e. The highest BCUT2D eigenvalue weighted by molar-refractivity contribution is 5.67. The summed E-state index contributed by atoms with van der Waals surface area (Å²) in [5.74, 6) is -0.866. The molecule has 1 aliphatic heterocycles. The van der Waals surface area contributed by atoms with E-state index in [0.717, 1.165) is 6.07 Å². The molecule has 1 aromatic carbocycles. The van der Waals surface area contributed by atoms with Gasteiger partial charge in [-0.25, -0.2) is 0 Å². The van der Waals surface area contributed by atoms with Gasteiger partial charge in [0.25, 0.3) is 0 Å². The fraction of sp³-hybridized carbons (Fsp3) is 0.462. The summed E-state index contributed by atoms with van der Waals surface area (Å²) >= 11 is 0. The summed E-state index contributed by atoms with van der Waals surface area (Å²) in [6.45, 7) is 0.648. The third-order valence-electron chi connectivity index (χ3n) is 2.89. The quantitative estimate of drug-likeness (QED) is 0.930. The second-order valence-electron chi connectivity index (χ2n) is 4.40. The molecule has 7 heteroatoms. The molecule has 0 amide bonds. The number of alkyl halides is 3. The van der Waals surface area contributed by atoms with E-state index in [2.05, 4.69) is 0 Å². The minimum atomic E-state index is -4.56. The molecule has 1 aliphatic rings. The summed E-state index contributed by atoms with van der Waals surface area (Å²) in [5.41, 5.74) is -0.966. The molecule has 1 N–H and O–H groups in total. The summed E-state index contributed by atoms with van der Waals surface area (Å²) in [6, 6.07) is 2.12. The number of ether oxygens (including phenoxy) is 2. The Labute approximate surface area is 113 Å². The molecule has 1 aromatic rings. The van der Waals surface area contributed by atoms with E-state index in [1.165, 1.54) is 6.07 Å². The van der Waals surface area contributed by atoms with Gasteiger partial charge in [-0.15, -0.1) is 0 Å². The average molecular weight is 290 g/mol. The van der Waals surface area contributed by atoms with Crippen molar-refractivity contribution in [2.75, 3.05) is 13.2 Å². The minimum Gasteiger partial charge on any atom is -0.490 e. The van der Waals surface area contributed by atoms with E-state index in [4.69, 9.17) is 14.6 Å². The Kier molecular flexibility index (Phi) is 4.06. The first-order valence-electron chi connectivity index (χ1n) is 6.09. The molecule has 110 valence electrons. The van der Waals surface area contributed by atoms with Gasteiger partial charge in [-0.1, -0.05) is 0 Å². The molecule has 0 aliphatic carbocycles. The Bertz CT molecular complexity index is 511. The molecule has 2 rings (SSSR count). The summed E-state index contributed by atoms with van der Waals surface area (Å²) in [4.78, 5) is 10.5. The molecule has 0 radical (unpaired) electrons. The molecule has 0 fully saturated rings. The SMILES string of the molecule is O=C(O)CCc1cc2c(cc1C(F)(F)F)OCCCO2. The van der Waals surface area contributed by atoms with Gasteiger partial charge in [0.05, 0.1) is 18.8 Å². The Morgan fingerprint density at radius 1 is 1.20 bits per heavy atom. The van der Waals surface area contributed by atoms with Crippen LogP contribution in [0.3, 0.4) is 0 Å². The van der Waals surface area contributed by atoms with E-state index < -0.39 is 17.7 Å². The van der Waals surface area contributed by atoms with Crippen LogP contribution < -0.4 is 9.47 Å². The molecule has 20 heavy (non-hydrogen) atoms. The molecule has 1 heterocycles. The molecule has 0 unspecified atom stereocenters. The van der Waals surface area contributed by atoms with Gasteiger partial charge < -0.3 is 14.6 Å². The van der Waals surface area contributed by atoms with Crippen molar-refractivity contribution in [3.63, 3.8) is 0 Å². The lowest BCUT2D eigenvalue weighted by atomic mass is 10.0. The van der Waals surface area contributed by atoms with Crippen LogP contribution in [-0.2, 0) is 17.4 Å². The van der Waals surface area contributed by atoms with Crippen molar-refractivity contribution in [3.8, 4) is 11.5 Å². The summed E-state index contributed by atoms with van der Waals surface area (Å²) in [6.07, 6.45) is -4.55. The number of hydrogen-bond donors (Lipinski definition) is 1. The number of carboxylic acids is 1. The van der Waals surface area contributed by atoms with Gasteiger partial charge in [-0.2, -0.15) is 13.2 Å². The number of hydrogen-bond acceptors (Lipinski definition) is 3. The lowest BCUT2D eigenvalue weighted by Crippen LogP contribution is -2.11. The van der Waals surface area contributed by atoms with Crippen molar-refractivity contribution in [1.82, 2.24) is 0 Å². The van der Waals surface area contributed by atoms with Gasteiger partial charge in [0.1, 0.15) is 0 Å². The number of rotatable bonds is 3. The third-order valence-corrected chi connectivity index (χ3v) is 2.89. The molecular weight excluding hydrogens is 277 g/mol. The molecule has 0 bridgehead atoms. The highest BCUT2D eigenvalue weighted by Gasteiger charge is 2.35. The van der Waals surface area contributed by atoms with Gasteiger partial charge in [-0.05, 0) is 24.1 Å². The van der Waals surface area contributed by atoms with E-state index in [1.807, 2.05) is 0 Å². The monoisotopic (exact) mass is 290 g/mol. The standard InChI is InChI=1S/C13H13F3O4/c14-13(15,16)9-7-11-10(19-4-1-5-20-11)6-8(9)2-3-12(17)18/h6-7H,1-5H2,(H,17,18). The second-order valence-corrected chi connectivity index (χ2v) is 4.40. The zero-order valence-electron chi connectivity index (χ0n) is 10.5. The fourth-order valence-electron chi connectivity index (χ4n) is 1.96. The van der Waals surface area contributed by atoms with Crippen LogP contribution in [0.1, 0.15) is 24.0 Å². The molecular formula is C13H13F3O4. The predicted molar refractivity (Wildman–Crippen MR) is 63.0 cm³/mol. The molecule has 0 spiro atoms. The lowest BCUT2D eigenvalue weighted by Gasteiger charge is -2.16. The van der Waals surface area contributed by atoms with Gasteiger partial charge in [0.15, 0.2) is 11.5 Å². The van der Waals surface area contributed by atoms with Gasteiger partial charge in [0, 0.05) is 12.8 Å². The number of aryl methyl sites for hydroxylation is 1. The predicted octanol–water partition coefficient (Wildman–Crippen LogP) is 2.88. The van der Waals surface area contributed by atoms with Crippen LogP contribution >= 0.6 is 0 Å². The Morgan fingerprint density at radius 3 is 2.35 bits per heavy atom. The zero-order chi connectivity index (χ0) is 14.8. The van der Waals surface area contributed by atoms with Crippen LogP contribution in [0.25, 0.3) is 0 Å². The van der Waals surface area contributed by atoms with Gasteiger partial charge in [0.2, 0.25) is 0 Å². The van der Waals surface area contributed by atoms with E-state index in [0.29, 0.717) is 19.6 Å². The smallest absolute Gasteiger partial charge is 0.416 e. The molecule has 0 saturated heterocycles. The van der Waals surface area contributed by atoms with Crippen LogP contribution in [-0.4, -0.2) is 24.3 Å². The number of carbonyl (C=O) groups is 1. The van der Waals surface area contributed by atoms with Crippen molar-refractivity contribution in [1.29, 1.82) is 0 Å². The molecule has 0 saturated carbocycles. The first-order valence-corrected chi connectivity index (χ1v) is 6.09. The topological polar surface area (TPSA) is 55.8 Å². The van der Waals surface area contributed by atoms with E-state index in [-0.39, 0.29) is 29.9 Å². The molecule has 0 atom stereocenters. The van der Waals surface area contributed by atoms with Gasteiger partial charge >= 0.3 is 12.1 Å². The normalized spacial score (nSPS) is 14.8. The molecule has 4 nitrogen and oxygen atoms in total. The third kappa shape index (κ3) is 3.34. The lowest BCUT2D eigenvalue weighted by molar-refractivity contribution is -0.140. The first-order chi connectivity index (χ1) is 9.38. The summed E-state index contributed by atoms with van der Waals surface area (Å²) < 4.78 is 49.5. The van der Waals surface area contributed by atoms with Crippen LogP contribution in [0.5, 0.6) is 11.5 Å². The fourth-order valence-corrected chi connectivity index (χ4v) is 1.96. The van der Waals surface area contributed by atoms with E-state index in [1.54, 1.807) is 0 Å². The van der Waals surface area contributed by atoms with Crippen LogP contribution in [0, 0.1) is 0 Å². The van der Waals surface area contributed by atoms with E-state index in [9.17, 15) is 18.0 Å². The van der Waals surface area contributed by atoms with Crippen LogP contribution in [0.2, 0.25) is 0 Å². The number of fused-ring (bicyclic) bond motifs is 1. The van der Waals surface area contributed by atoms with Crippen molar-refractivity contribution in [3.05, 3.63) is 23.3 Å². The Morgan fingerprint density at radius 2 is 1.80 bits per heavy atom. The van der Waals surface area contributed by atoms with Crippen LogP contribution in [0.4, 0.5) is 13.2 Å².